The number of nitrogens with two attached hydrogens (primary N) is 1. The molecule has 0 spiro atoms. The van der Waals surface area contributed by atoms with Crippen LogP contribution in [0.15, 0.2) is 0 Å². The van der Waals surface area contributed by atoms with Gasteiger partial charge in [-0.1, -0.05) is 6.42 Å². The van der Waals surface area contributed by atoms with E-state index in [1.165, 1.54) is 0 Å². The van der Waals surface area contributed by atoms with Crippen molar-refractivity contribution in [1.82, 2.24) is 10.2 Å². The second-order valence-electron chi connectivity index (χ2n) is 5.57. The van der Waals surface area contributed by atoms with Gasteiger partial charge in [-0.3, -0.25) is 9.59 Å². The third-order valence-corrected chi connectivity index (χ3v) is 4.24. The number of hydrogen-bond donors (Lipinski definition) is 2. The van der Waals surface area contributed by atoms with E-state index in [0.717, 1.165) is 38.8 Å². The van der Waals surface area contributed by atoms with E-state index < -0.39 is 0 Å². The molecule has 116 valence electrons. The van der Waals surface area contributed by atoms with E-state index in [2.05, 4.69) is 5.32 Å². The molecule has 0 saturated heterocycles. The van der Waals surface area contributed by atoms with Crippen molar-refractivity contribution >= 4 is 11.8 Å². The van der Waals surface area contributed by atoms with Crippen LogP contribution in [0.4, 0.5) is 0 Å². The quantitative estimate of drug-likeness (QED) is 0.735. The van der Waals surface area contributed by atoms with Gasteiger partial charge in [0.05, 0.1) is 0 Å². The summed E-state index contributed by atoms with van der Waals surface area (Å²) in [5, 5.41) is 2.90. The maximum atomic E-state index is 12.1. The van der Waals surface area contributed by atoms with Crippen LogP contribution in [0.1, 0.15) is 46.0 Å². The van der Waals surface area contributed by atoms with Crippen molar-refractivity contribution in [2.45, 2.75) is 46.0 Å². The summed E-state index contributed by atoms with van der Waals surface area (Å²) in [5.41, 5.74) is 5.69. The van der Waals surface area contributed by atoms with Crippen molar-refractivity contribution in [2.24, 2.45) is 17.6 Å². The van der Waals surface area contributed by atoms with E-state index in [1.54, 1.807) is 4.90 Å². The summed E-state index contributed by atoms with van der Waals surface area (Å²) in [6.45, 7) is 6.50. The summed E-state index contributed by atoms with van der Waals surface area (Å²) in [6.07, 6.45) is 4.46. The largest absolute Gasteiger partial charge is 0.355 e. The van der Waals surface area contributed by atoms with Crippen LogP contribution in [0.5, 0.6) is 0 Å². The summed E-state index contributed by atoms with van der Waals surface area (Å²) in [5.74, 6) is 0.770. The van der Waals surface area contributed by atoms with Crippen LogP contribution in [-0.2, 0) is 9.59 Å². The Balaban J connectivity index is 2.27. The maximum Gasteiger partial charge on any atom is 0.224 e. The van der Waals surface area contributed by atoms with Crippen LogP contribution in [0.3, 0.4) is 0 Å². The molecule has 1 fully saturated rings. The van der Waals surface area contributed by atoms with Gasteiger partial charge in [-0.2, -0.15) is 0 Å². The molecular weight excluding hydrogens is 254 g/mol. The highest BCUT2D eigenvalue weighted by molar-refractivity contribution is 5.80. The molecular formula is C15H29N3O2. The first kappa shape index (κ1) is 17.0. The Morgan fingerprint density at radius 1 is 1.25 bits per heavy atom. The van der Waals surface area contributed by atoms with E-state index >= 15 is 0 Å². The van der Waals surface area contributed by atoms with Gasteiger partial charge in [-0.25, -0.2) is 0 Å². The van der Waals surface area contributed by atoms with Gasteiger partial charge in [0.1, 0.15) is 0 Å². The molecule has 5 nitrogen and oxygen atoms in total. The number of carbonyl (C=O) groups is 2. The van der Waals surface area contributed by atoms with Crippen molar-refractivity contribution < 1.29 is 9.59 Å². The predicted molar refractivity (Wildman–Crippen MR) is 80.1 cm³/mol. The van der Waals surface area contributed by atoms with Gasteiger partial charge in [0.25, 0.3) is 0 Å². The van der Waals surface area contributed by atoms with E-state index in [1.807, 2.05) is 13.8 Å². The van der Waals surface area contributed by atoms with E-state index in [9.17, 15) is 9.59 Å². The highest BCUT2D eigenvalue weighted by Crippen LogP contribution is 2.28. The minimum atomic E-state index is 0.0841. The number of hydrogen-bond acceptors (Lipinski definition) is 3. The molecule has 2 amide bonds. The molecule has 5 heteroatoms. The summed E-state index contributed by atoms with van der Waals surface area (Å²) in [7, 11) is 0. The van der Waals surface area contributed by atoms with Gasteiger partial charge in [0.2, 0.25) is 11.8 Å². The first-order valence-corrected chi connectivity index (χ1v) is 7.87. The zero-order valence-electron chi connectivity index (χ0n) is 12.9. The smallest absolute Gasteiger partial charge is 0.224 e. The molecule has 0 radical (unpaired) electrons. The molecule has 1 aliphatic carbocycles. The Morgan fingerprint density at radius 2 is 1.95 bits per heavy atom. The monoisotopic (exact) mass is 283 g/mol. The predicted octanol–water partition coefficient (Wildman–Crippen LogP) is 1.13. The highest BCUT2D eigenvalue weighted by atomic mass is 16.2. The average molecular weight is 283 g/mol. The van der Waals surface area contributed by atoms with Crippen molar-refractivity contribution in [3.05, 3.63) is 0 Å². The molecule has 2 unspecified atom stereocenters. The lowest BCUT2D eigenvalue weighted by Gasteiger charge is -2.27. The van der Waals surface area contributed by atoms with Gasteiger partial charge in [-0.05, 0) is 45.6 Å². The lowest BCUT2D eigenvalue weighted by atomic mass is 9.81. The first-order chi connectivity index (χ1) is 9.62. The fourth-order valence-electron chi connectivity index (χ4n) is 2.91. The normalized spacial score (nSPS) is 22.4. The minimum Gasteiger partial charge on any atom is -0.355 e. The van der Waals surface area contributed by atoms with Crippen LogP contribution in [-0.4, -0.2) is 42.9 Å². The van der Waals surface area contributed by atoms with Gasteiger partial charge < -0.3 is 16.0 Å². The third kappa shape index (κ3) is 5.12. The van der Waals surface area contributed by atoms with Crippen LogP contribution >= 0.6 is 0 Å². The molecule has 3 N–H and O–H groups in total. The standard InChI is InChI=1S/C15H29N3O2/c1-3-18(4-2)14(19)8-9-17-15(20)13-7-5-6-12(10-13)11-16/h12-13H,3-11,16H2,1-2H3,(H,17,20). The molecule has 0 aromatic carbocycles. The van der Waals surface area contributed by atoms with Gasteiger partial charge in [0.15, 0.2) is 0 Å². The molecule has 1 rings (SSSR count). The van der Waals surface area contributed by atoms with Crippen molar-refractivity contribution in [3.63, 3.8) is 0 Å². The Morgan fingerprint density at radius 3 is 2.55 bits per heavy atom. The second kappa shape index (κ2) is 8.95. The van der Waals surface area contributed by atoms with E-state index in [0.29, 0.717) is 25.4 Å². The molecule has 20 heavy (non-hydrogen) atoms. The first-order valence-electron chi connectivity index (χ1n) is 7.87. The molecule has 0 aromatic heterocycles. The molecule has 0 heterocycles. The summed E-state index contributed by atoms with van der Waals surface area (Å²) in [4.78, 5) is 25.7. The Bertz CT molecular complexity index is 316. The Labute approximate surface area is 122 Å². The number of rotatable bonds is 7. The van der Waals surface area contributed by atoms with Crippen molar-refractivity contribution in [2.75, 3.05) is 26.2 Å². The lowest BCUT2D eigenvalue weighted by molar-refractivity contribution is -0.131. The highest BCUT2D eigenvalue weighted by Gasteiger charge is 2.26. The summed E-state index contributed by atoms with van der Waals surface area (Å²) < 4.78 is 0. The molecule has 1 aliphatic rings. The number of nitrogens with one attached hydrogen (secondary N) is 1. The van der Waals surface area contributed by atoms with Crippen LogP contribution in [0.2, 0.25) is 0 Å². The topological polar surface area (TPSA) is 75.4 Å². The lowest BCUT2D eigenvalue weighted by Crippen LogP contribution is -2.38. The van der Waals surface area contributed by atoms with Crippen LogP contribution in [0.25, 0.3) is 0 Å². The van der Waals surface area contributed by atoms with Gasteiger partial charge in [0, 0.05) is 32.0 Å². The Hall–Kier alpha value is -1.10. The zero-order valence-corrected chi connectivity index (χ0v) is 12.9. The summed E-state index contributed by atoms with van der Waals surface area (Å²) in [6, 6.07) is 0. The summed E-state index contributed by atoms with van der Waals surface area (Å²) >= 11 is 0. The van der Waals surface area contributed by atoms with Gasteiger partial charge >= 0.3 is 0 Å². The molecule has 1 saturated carbocycles. The van der Waals surface area contributed by atoms with Crippen LogP contribution in [0, 0.1) is 11.8 Å². The van der Waals surface area contributed by atoms with Crippen LogP contribution < -0.4 is 11.1 Å². The van der Waals surface area contributed by atoms with E-state index in [-0.39, 0.29) is 17.7 Å². The molecule has 0 aliphatic heterocycles. The fraction of sp³-hybridized carbons (Fsp3) is 0.867. The zero-order chi connectivity index (χ0) is 15.0. The number of carbonyl (C=O) groups excluding carboxylic acids is 2. The number of amides is 2. The Kier molecular flexibility index (Phi) is 7.59. The maximum absolute atomic E-state index is 12.1. The molecule has 0 aromatic rings. The molecule has 0 bridgehead atoms. The van der Waals surface area contributed by atoms with E-state index in [4.69, 9.17) is 5.73 Å². The van der Waals surface area contributed by atoms with Crippen molar-refractivity contribution in [1.29, 1.82) is 0 Å². The number of nitrogens with zero attached hydrogens (tertiary/aromatic N) is 1. The minimum absolute atomic E-state index is 0.0841. The van der Waals surface area contributed by atoms with Crippen molar-refractivity contribution in [3.8, 4) is 0 Å². The average Bonchev–Trinajstić information content (AvgIpc) is 2.48. The van der Waals surface area contributed by atoms with Gasteiger partial charge in [-0.15, -0.1) is 0 Å². The second-order valence-corrected chi connectivity index (χ2v) is 5.57. The third-order valence-electron chi connectivity index (χ3n) is 4.24. The fourth-order valence-corrected chi connectivity index (χ4v) is 2.91. The molecule has 2 atom stereocenters. The SMILES string of the molecule is CCN(CC)C(=O)CCNC(=O)C1CCCC(CN)C1.